The van der Waals surface area contributed by atoms with Crippen molar-refractivity contribution in [2.45, 2.75) is 33.7 Å². The number of pyridine rings is 1. The van der Waals surface area contributed by atoms with Crippen molar-refractivity contribution in [3.8, 4) is 17.7 Å². The summed E-state index contributed by atoms with van der Waals surface area (Å²) >= 11 is 0. The average molecular weight is 415 g/mol. The Bertz CT molecular complexity index is 1230. The Morgan fingerprint density at radius 1 is 1.16 bits per heavy atom. The van der Waals surface area contributed by atoms with Gasteiger partial charge in [-0.3, -0.25) is 14.4 Å². The Hall–Kier alpha value is -3.85. The lowest BCUT2D eigenvalue weighted by molar-refractivity contribution is 0.404. The summed E-state index contributed by atoms with van der Waals surface area (Å²) in [6, 6.07) is 15.4. The van der Waals surface area contributed by atoms with Crippen LogP contribution in [0.1, 0.15) is 33.4 Å². The molecule has 6 nitrogen and oxygen atoms in total. The number of methoxy groups -OCH3 is 1. The van der Waals surface area contributed by atoms with Gasteiger partial charge < -0.3 is 9.84 Å². The van der Waals surface area contributed by atoms with Gasteiger partial charge in [-0.05, 0) is 67.6 Å². The Balaban J connectivity index is 2.00. The first kappa shape index (κ1) is 21.8. The van der Waals surface area contributed by atoms with E-state index in [0.29, 0.717) is 17.5 Å². The molecule has 0 atom stereocenters. The van der Waals surface area contributed by atoms with Crippen LogP contribution in [0.15, 0.2) is 52.3 Å². The van der Waals surface area contributed by atoms with Crippen molar-refractivity contribution in [2.24, 2.45) is 4.99 Å². The predicted octanol–water partition coefficient (Wildman–Crippen LogP) is 4.35. The number of nitrogens with zero attached hydrogens (tertiary/aromatic N) is 3. The molecule has 0 amide bonds. The molecule has 6 heteroatoms. The summed E-state index contributed by atoms with van der Waals surface area (Å²) in [5, 5.41) is 20.4. The zero-order valence-corrected chi connectivity index (χ0v) is 18.1. The van der Waals surface area contributed by atoms with E-state index in [2.05, 4.69) is 4.99 Å². The van der Waals surface area contributed by atoms with E-state index < -0.39 is 5.56 Å². The predicted molar refractivity (Wildman–Crippen MR) is 122 cm³/mol. The van der Waals surface area contributed by atoms with E-state index >= 15 is 0 Å². The number of aryl methyl sites for hydroxylation is 3. The van der Waals surface area contributed by atoms with Gasteiger partial charge in [0.2, 0.25) is 5.88 Å². The molecule has 0 aliphatic carbocycles. The maximum absolute atomic E-state index is 12.8. The number of nitriles is 1. The van der Waals surface area contributed by atoms with Crippen LogP contribution in [0.25, 0.3) is 0 Å². The minimum absolute atomic E-state index is 0.00921. The summed E-state index contributed by atoms with van der Waals surface area (Å²) in [6.45, 7) is 5.82. The van der Waals surface area contributed by atoms with Crippen molar-refractivity contribution in [2.75, 3.05) is 7.11 Å². The van der Waals surface area contributed by atoms with E-state index in [-0.39, 0.29) is 18.0 Å². The van der Waals surface area contributed by atoms with Gasteiger partial charge in [-0.2, -0.15) is 5.26 Å². The van der Waals surface area contributed by atoms with Crippen molar-refractivity contribution in [1.82, 2.24) is 4.57 Å². The Morgan fingerprint density at radius 3 is 2.52 bits per heavy atom. The highest BCUT2D eigenvalue weighted by Crippen LogP contribution is 2.24. The van der Waals surface area contributed by atoms with Crippen LogP contribution in [0.3, 0.4) is 0 Å². The highest BCUT2D eigenvalue weighted by molar-refractivity contribution is 5.87. The number of ether oxygens (including phenoxy) is 1. The van der Waals surface area contributed by atoms with Crippen LogP contribution < -0.4 is 10.3 Å². The summed E-state index contributed by atoms with van der Waals surface area (Å²) in [5.74, 6) is 0.555. The molecule has 0 unspecified atom stereocenters. The first-order valence-corrected chi connectivity index (χ1v) is 9.96. The molecule has 2 aromatic carbocycles. The molecule has 0 radical (unpaired) electrons. The largest absolute Gasteiger partial charge is 0.497 e. The molecule has 0 aliphatic rings. The fourth-order valence-corrected chi connectivity index (χ4v) is 3.36. The number of rotatable bonds is 6. The number of aromatic hydroxyl groups is 1. The molecule has 1 N–H and O–H groups in total. The molecule has 31 heavy (non-hydrogen) atoms. The molecule has 0 bridgehead atoms. The second kappa shape index (κ2) is 9.31. The first-order valence-electron chi connectivity index (χ1n) is 9.96. The minimum Gasteiger partial charge on any atom is -0.497 e. The van der Waals surface area contributed by atoms with Gasteiger partial charge in [0.1, 0.15) is 17.4 Å². The van der Waals surface area contributed by atoms with Crippen molar-refractivity contribution in [3.05, 3.63) is 86.2 Å². The Labute approximate surface area is 181 Å². The van der Waals surface area contributed by atoms with Gasteiger partial charge in [-0.1, -0.05) is 24.3 Å². The summed E-state index contributed by atoms with van der Waals surface area (Å²) in [5.41, 5.74) is 4.11. The monoisotopic (exact) mass is 415 g/mol. The van der Waals surface area contributed by atoms with Gasteiger partial charge in [-0.15, -0.1) is 0 Å². The van der Waals surface area contributed by atoms with Gasteiger partial charge in [0.15, 0.2) is 0 Å². The topological polar surface area (TPSA) is 87.6 Å². The van der Waals surface area contributed by atoms with E-state index in [1.807, 2.05) is 62.4 Å². The van der Waals surface area contributed by atoms with Crippen molar-refractivity contribution in [1.29, 1.82) is 5.26 Å². The van der Waals surface area contributed by atoms with E-state index in [1.54, 1.807) is 14.0 Å². The third kappa shape index (κ3) is 4.67. The Morgan fingerprint density at radius 2 is 1.87 bits per heavy atom. The Kier molecular flexibility index (Phi) is 6.56. The van der Waals surface area contributed by atoms with Gasteiger partial charge in [0.05, 0.1) is 18.4 Å². The molecule has 0 saturated heterocycles. The average Bonchev–Trinajstić information content (AvgIpc) is 2.76. The maximum Gasteiger partial charge on any atom is 0.271 e. The maximum atomic E-state index is 12.8. The zero-order valence-electron chi connectivity index (χ0n) is 18.1. The SMILES string of the molecule is COc1ccc(CCn2c(O)c(C=Nc3cc(C)ccc3C)c(C)c(C#N)c2=O)cc1. The van der Waals surface area contributed by atoms with Gasteiger partial charge in [-0.25, -0.2) is 0 Å². The van der Waals surface area contributed by atoms with Crippen LogP contribution >= 0.6 is 0 Å². The van der Waals surface area contributed by atoms with Gasteiger partial charge >= 0.3 is 0 Å². The fraction of sp³-hybridized carbons (Fsp3) is 0.240. The molecule has 0 aliphatic heterocycles. The van der Waals surface area contributed by atoms with Crippen LogP contribution in [0.2, 0.25) is 0 Å². The van der Waals surface area contributed by atoms with E-state index in [0.717, 1.165) is 28.1 Å². The van der Waals surface area contributed by atoms with Gasteiger partial charge in [0.25, 0.3) is 5.56 Å². The normalized spacial score (nSPS) is 10.9. The smallest absolute Gasteiger partial charge is 0.271 e. The quantitative estimate of drug-likeness (QED) is 0.606. The second-order valence-corrected chi connectivity index (χ2v) is 7.45. The molecule has 0 fully saturated rings. The summed E-state index contributed by atoms with van der Waals surface area (Å²) in [6.07, 6.45) is 2.04. The number of hydrogen-bond donors (Lipinski definition) is 1. The molecular weight excluding hydrogens is 390 g/mol. The molecule has 3 rings (SSSR count). The lowest BCUT2D eigenvalue weighted by Gasteiger charge is -2.14. The highest BCUT2D eigenvalue weighted by atomic mass is 16.5. The summed E-state index contributed by atoms with van der Waals surface area (Å²) in [4.78, 5) is 17.3. The molecule has 1 aromatic heterocycles. The molecule has 3 aromatic rings. The van der Waals surface area contributed by atoms with Crippen LogP contribution in [0.4, 0.5) is 5.69 Å². The highest BCUT2D eigenvalue weighted by Gasteiger charge is 2.18. The van der Waals surface area contributed by atoms with Crippen LogP contribution in [0, 0.1) is 32.1 Å². The van der Waals surface area contributed by atoms with Crippen LogP contribution in [0.5, 0.6) is 11.6 Å². The lowest BCUT2D eigenvalue weighted by Crippen LogP contribution is -2.26. The fourth-order valence-electron chi connectivity index (χ4n) is 3.36. The molecule has 158 valence electrons. The molecule has 0 saturated carbocycles. The van der Waals surface area contributed by atoms with Crippen molar-refractivity contribution in [3.63, 3.8) is 0 Å². The third-order valence-corrected chi connectivity index (χ3v) is 5.33. The molecule has 0 spiro atoms. The van der Waals surface area contributed by atoms with E-state index in [9.17, 15) is 15.2 Å². The van der Waals surface area contributed by atoms with Crippen LogP contribution in [-0.4, -0.2) is 23.0 Å². The summed E-state index contributed by atoms with van der Waals surface area (Å²) < 4.78 is 6.40. The second-order valence-electron chi connectivity index (χ2n) is 7.45. The van der Waals surface area contributed by atoms with E-state index in [4.69, 9.17) is 4.74 Å². The molecule has 1 heterocycles. The number of aliphatic imine (C=N–C) groups is 1. The molecular formula is C25H25N3O3. The van der Waals surface area contributed by atoms with Crippen molar-refractivity contribution < 1.29 is 9.84 Å². The first-order chi connectivity index (χ1) is 14.8. The minimum atomic E-state index is -0.505. The third-order valence-electron chi connectivity index (χ3n) is 5.33. The number of benzene rings is 2. The van der Waals surface area contributed by atoms with Crippen molar-refractivity contribution >= 4 is 11.9 Å². The summed E-state index contributed by atoms with van der Waals surface area (Å²) in [7, 11) is 1.60. The lowest BCUT2D eigenvalue weighted by atomic mass is 10.1. The van der Waals surface area contributed by atoms with E-state index in [1.165, 1.54) is 10.8 Å². The zero-order chi connectivity index (χ0) is 22.5. The number of hydrogen-bond acceptors (Lipinski definition) is 5. The number of aromatic nitrogens is 1. The standard InChI is InChI=1S/C25H25N3O3/c1-16-5-6-17(2)23(13-16)27-15-22-18(3)21(14-26)24(29)28(25(22)30)12-11-19-7-9-20(31-4)10-8-19/h5-10,13,15,30H,11-12H2,1-4H3. The van der Waals surface area contributed by atoms with Crippen LogP contribution in [-0.2, 0) is 13.0 Å². The van der Waals surface area contributed by atoms with Gasteiger partial charge in [0, 0.05) is 12.8 Å².